The van der Waals surface area contributed by atoms with Gasteiger partial charge in [0.15, 0.2) is 0 Å². The summed E-state index contributed by atoms with van der Waals surface area (Å²) in [5.41, 5.74) is 0. The summed E-state index contributed by atoms with van der Waals surface area (Å²) in [4.78, 5) is 26.9. The van der Waals surface area contributed by atoms with E-state index in [4.69, 9.17) is 5.11 Å². The molecular weight excluding hydrogens is 276 g/mol. The number of amides is 2. The number of carbonyl (C=O) groups is 2. The fourth-order valence-corrected chi connectivity index (χ4v) is 2.76. The number of aliphatic hydroxyl groups excluding tert-OH is 1. The molecule has 0 aromatic carbocycles. The highest BCUT2D eigenvalue weighted by atomic mass is 32.1. The summed E-state index contributed by atoms with van der Waals surface area (Å²) in [5, 5.41) is 11.4. The average molecular weight is 292 g/mol. The van der Waals surface area contributed by atoms with Crippen LogP contribution in [0.2, 0.25) is 0 Å². The van der Waals surface area contributed by atoms with Gasteiger partial charge in [-0.05, 0) is 19.1 Å². The molecule has 2 amide bonds. The molecule has 1 aromatic rings. The summed E-state index contributed by atoms with van der Waals surface area (Å²) in [7, 11) is 0. The van der Waals surface area contributed by atoms with Crippen molar-refractivity contribution in [1.82, 2.24) is 10.2 Å². The quantitative estimate of drug-likeness (QED) is 0.777. The summed E-state index contributed by atoms with van der Waals surface area (Å²) in [5.74, 6) is 5.47. The molecule has 1 aromatic heterocycles. The van der Waals surface area contributed by atoms with Crippen LogP contribution in [0.4, 0.5) is 0 Å². The van der Waals surface area contributed by atoms with Crippen LogP contribution < -0.4 is 5.32 Å². The SMILES string of the molecule is CC1C(=O)NCCN1C(=O)c1ccc(C#CCCO)s1. The molecule has 0 spiro atoms. The van der Waals surface area contributed by atoms with E-state index < -0.39 is 6.04 Å². The summed E-state index contributed by atoms with van der Waals surface area (Å²) in [6, 6.07) is 3.08. The molecule has 1 atom stereocenters. The van der Waals surface area contributed by atoms with E-state index in [1.165, 1.54) is 11.3 Å². The number of thiophene rings is 1. The highest BCUT2D eigenvalue weighted by Gasteiger charge is 2.30. The van der Waals surface area contributed by atoms with Gasteiger partial charge in [-0.2, -0.15) is 0 Å². The van der Waals surface area contributed by atoms with E-state index in [0.29, 0.717) is 24.4 Å². The van der Waals surface area contributed by atoms with Crippen LogP contribution in [0.3, 0.4) is 0 Å². The molecule has 106 valence electrons. The number of hydrogen-bond donors (Lipinski definition) is 2. The van der Waals surface area contributed by atoms with Crippen molar-refractivity contribution in [3.8, 4) is 11.8 Å². The van der Waals surface area contributed by atoms with Crippen LogP contribution in [-0.2, 0) is 4.79 Å². The maximum absolute atomic E-state index is 12.4. The lowest BCUT2D eigenvalue weighted by Gasteiger charge is -2.32. The van der Waals surface area contributed by atoms with Gasteiger partial charge in [-0.15, -0.1) is 11.3 Å². The van der Waals surface area contributed by atoms with E-state index in [2.05, 4.69) is 17.2 Å². The van der Waals surface area contributed by atoms with Crippen molar-refractivity contribution in [2.24, 2.45) is 0 Å². The summed E-state index contributed by atoms with van der Waals surface area (Å²) < 4.78 is 0. The number of nitrogens with one attached hydrogen (secondary N) is 1. The maximum atomic E-state index is 12.4. The minimum atomic E-state index is -0.442. The van der Waals surface area contributed by atoms with Gasteiger partial charge in [-0.25, -0.2) is 0 Å². The largest absolute Gasteiger partial charge is 0.395 e. The fraction of sp³-hybridized carbons (Fsp3) is 0.429. The van der Waals surface area contributed by atoms with Gasteiger partial charge in [0.1, 0.15) is 6.04 Å². The highest BCUT2D eigenvalue weighted by molar-refractivity contribution is 7.14. The van der Waals surface area contributed by atoms with E-state index in [1.807, 2.05) is 0 Å². The first kappa shape index (κ1) is 14.6. The van der Waals surface area contributed by atoms with Crippen LogP contribution in [0.15, 0.2) is 12.1 Å². The number of rotatable bonds is 2. The Labute approximate surface area is 121 Å². The molecule has 1 aliphatic heterocycles. The van der Waals surface area contributed by atoms with Gasteiger partial charge < -0.3 is 15.3 Å². The predicted octanol–water partition coefficient (Wildman–Crippen LogP) is 0.442. The average Bonchev–Trinajstić information content (AvgIpc) is 2.90. The molecule has 1 fully saturated rings. The molecule has 5 nitrogen and oxygen atoms in total. The van der Waals surface area contributed by atoms with E-state index >= 15 is 0 Å². The molecule has 0 saturated carbocycles. The standard InChI is InChI=1S/C14H16N2O3S/c1-10-13(18)15-7-8-16(10)14(19)12-6-5-11(20-12)4-2-3-9-17/h5-6,10,17H,3,7-9H2,1H3,(H,15,18). The molecule has 2 heterocycles. The first-order valence-electron chi connectivity index (χ1n) is 6.41. The number of aliphatic hydroxyl groups is 1. The number of nitrogens with zero attached hydrogens (tertiary/aromatic N) is 1. The van der Waals surface area contributed by atoms with Crippen molar-refractivity contribution in [3.05, 3.63) is 21.9 Å². The molecule has 1 aliphatic rings. The molecule has 6 heteroatoms. The van der Waals surface area contributed by atoms with Crippen molar-refractivity contribution in [2.45, 2.75) is 19.4 Å². The van der Waals surface area contributed by atoms with Crippen LogP contribution in [0.25, 0.3) is 0 Å². The van der Waals surface area contributed by atoms with Crippen LogP contribution >= 0.6 is 11.3 Å². The van der Waals surface area contributed by atoms with Crippen molar-refractivity contribution >= 4 is 23.2 Å². The van der Waals surface area contributed by atoms with Crippen LogP contribution in [0.5, 0.6) is 0 Å². The molecule has 2 rings (SSSR count). The molecule has 2 N–H and O–H groups in total. The molecular formula is C14H16N2O3S. The molecule has 1 unspecified atom stereocenters. The zero-order valence-electron chi connectivity index (χ0n) is 11.2. The lowest BCUT2D eigenvalue weighted by Crippen LogP contribution is -2.55. The predicted molar refractivity (Wildman–Crippen MR) is 76.4 cm³/mol. The number of piperazine rings is 1. The van der Waals surface area contributed by atoms with Crippen molar-refractivity contribution in [1.29, 1.82) is 0 Å². The first-order chi connectivity index (χ1) is 9.63. The zero-order chi connectivity index (χ0) is 14.5. The molecule has 0 bridgehead atoms. The summed E-state index contributed by atoms with van der Waals surface area (Å²) >= 11 is 1.31. The van der Waals surface area contributed by atoms with Crippen LogP contribution in [-0.4, -0.2) is 47.6 Å². The Hall–Kier alpha value is -1.84. The minimum absolute atomic E-state index is 0.0323. The fourth-order valence-electron chi connectivity index (χ4n) is 1.93. The Morgan fingerprint density at radius 1 is 1.60 bits per heavy atom. The lowest BCUT2D eigenvalue weighted by atomic mass is 10.2. The lowest BCUT2D eigenvalue weighted by molar-refractivity contribution is -0.127. The number of carbonyl (C=O) groups excluding carboxylic acids is 2. The molecule has 0 radical (unpaired) electrons. The van der Waals surface area contributed by atoms with Gasteiger partial charge in [0.2, 0.25) is 5.91 Å². The van der Waals surface area contributed by atoms with Gasteiger partial charge in [-0.3, -0.25) is 9.59 Å². The second-order valence-corrected chi connectivity index (χ2v) is 5.49. The van der Waals surface area contributed by atoms with Gasteiger partial charge in [0.05, 0.1) is 16.4 Å². The van der Waals surface area contributed by atoms with Crippen molar-refractivity contribution < 1.29 is 14.7 Å². The van der Waals surface area contributed by atoms with Crippen molar-refractivity contribution in [3.63, 3.8) is 0 Å². The normalized spacial score (nSPS) is 18.2. The first-order valence-corrected chi connectivity index (χ1v) is 7.23. The Morgan fingerprint density at radius 3 is 3.15 bits per heavy atom. The Balaban J connectivity index is 2.10. The number of hydrogen-bond acceptors (Lipinski definition) is 4. The third kappa shape index (κ3) is 3.18. The Morgan fingerprint density at radius 2 is 2.40 bits per heavy atom. The smallest absolute Gasteiger partial charge is 0.264 e. The Bertz CT molecular complexity index is 570. The maximum Gasteiger partial charge on any atom is 0.264 e. The molecule has 20 heavy (non-hydrogen) atoms. The zero-order valence-corrected chi connectivity index (χ0v) is 12.0. The molecule has 0 aliphatic carbocycles. The van der Waals surface area contributed by atoms with E-state index in [9.17, 15) is 9.59 Å². The third-order valence-electron chi connectivity index (χ3n) is 3.02. The van der Waals surface area contributed by atoms with E-state index in [1.54, 1.807) is 24.0 Å². The van der Waals surface area contributed by atoms with Gasteiger partial charge in [-0.1, -0.05) is 11.8 Å². The third-order valence-corrected chi connectivity index (χ3v) is 4.01. The van der Waals surface area contributed by atoms with Gasteiger partial charge in [0, 0.05) is 19.5 Å². The van der Waals surface area contributed by atoms with E-state index in [0.717, 1.165) is 4.88 Å². The second kappa shape index (κ2) is 6.55. The van der Waals surface area contributed by atoms with Crippen LogP contribution in [0, 0.1) is 11.8 Å². The van der Waals surface area contributed by atoms with Gasteiger partial charge >= 0.3 is 0 Å². The van der Waals surface area contributed by atoms with Crippen LogP contribution in [0.1, 0.15) is 27.9 Å². The molecule has 1 saturated heterocycles. The van der Waals surface area contributed by atoms with Crippen molar-refractivity contribution in [2.75, 3.05) is 19.7 Å². The highest BCUT2D eigenvalue weighted by Crippen LogP contribution is 2.19. The second-order valence-electron chi connectivity index (χ2n) is 4.40. The topological polar surface area (TPSA) is 69.6 Å². The van der Waals surface area contributed by atoms with Gasteiger partial charge in [0.25, 0.3) is 5.91 Å². The minimum Gasteiger partial charge on any atom is -0.395 e. The monoisotopic (exact) mass is 292 g/mol. The summed E-state index contributed by atoms with van der Waals surface area (Å²) in [6.07, 6.45) is 0.421. The van der Waals surface area contributed by atoms with E-state index in [-0.39, 0.29) is 18.4 Å². The summed E-state index contributed by atoms with van der Waals surface area (Å²) in [6.45, 7) is 2.77. The Kier molecular flexibility index (Phi) is 4.77.